The standard InChI is InChI=1S/C21H27NO11.CH4S/c23-4-6-30-5-3-22-16(25)7-11-8-17(26)32-14-9-12(1-2-13(11)14)31-21-20(29)19(28)18(27)15(10-24)33-21;1-2/h1-2,8-9,15,18-21,23-24,27-29H,3-7,10H2,(H,22,25);2H,1H3. The number of hydrogen-bond donors (Lipinski definition) is 7. The van der Waals surface area contributed by atoms with E-state index in [0.717, 1.165) is 0 Å². The smallest absolute Gasteiger partial charge is 0.336 e. The lowest BCUT2D eigenvalue weighted by molar-refractivity contribution is -0.277. The van der Waals surface area contributed by atoms with Gasteiger partial charge >= 0.3 is 5.63 Å². The molecular formula is C22H31NO11S. The summed E-state index contributed by atoms with van der Waals surface area (Å²) in [6.45, 7) is -0.0517. The fourth-order valence-electron chi connectivity index (χ4n) is 3.39. The van der Waals surface area contributed by atoms with Crippen molar-refractivity contribution in [3.63, 3.8) is 0 Å². The molecule has 2 aromatic rings. The lowest BCUT2D eigenvalue weighted by Gasteiger charge is -2.39. The average Bonchev–Trinajstić information content (AvgIpc) is 2.85. The number of aliphatic hydroxyl groups is 5. The molecule has 1 aliphatic rings. The number of aliphatic hydroxyl groups excluding tert-OH is 5. The van der Waals surface area contributed by atoms with E-state index in [9.17, 15) is 30.0 Å². The second-order valence-corrected chi connectivity index (χ2v) is 7.43. The van der Waals surface area contributed by atoms with E-state index in [1.54, 1.807) is 12.3 Å². The van der Waals surface area contributed by atoms with Crippen LogP contribution in [0.15, 0.2) is 33.5 Å². The molecule has 13 heteroatoms. The van der Waals surface area contributed by atoms with Gasteiger partial charge in [-0.05, 0) is 24.0 Å². The van der Waals surface area contributed by atoms with Crippen molar-refractivity contribution < 1.29 is 49.0 Å². The quantitative estimate of drug-likeness (QED) is 0.107. The second-order valence-electron chi connectivity index (χ2n) is 7.43. The molecule has 0 bridgehead atoms. The summed E-state index contributed by atoms with van der Waals surface area (Å²) in [7, 11) is 0. The van der Waals surface area contributed by atoms with Gasteiger partial charge in [0.25, 0.3) is 0 Å². The third-order valence-electron chi connectivity index (χ3n) is 5.06. The molecule has 0 saturated carbocycles. The molecule has 6 N–H and O–H groups in total. The van der Waals surface area contributed by atoms with Crippen molar-refractivity contribution in [1.29, 1.82) is 0 Å². The summed E-state index contributed by atoms with van der Waals surface area (Å²) in [4.78, 5) is 24.2. The molecule has 1 fully saturated rings. The number of ether oxygens (including phenoxy) is 3. The van der Waals surface area contributed by atoms with Gasteiger partial charge in [-0.2, -0.15) is 12.6 Å². The minimum Gasteiger partial charge on any atom is -0.462 e. The van der Waals surface area contributed by atoms with Crippen LogP contribution in [-0.2, 0) is 20.7 Å². The number of fused-ring (bicyclic) bond motifs is 1. The van der Waals surface area contributed by atoms with Gasteiger partial charge in [0.05, 0.1) is 32.8 Å². The zero-order valence-electron chi connectivity index (χ0n) is 19.1. The Kier molecular flexibility index (Phi) is 11.9. The van der Waals surface area contributed by atoms with Gasteiger partial charge in [0.15, 0.2) is 0 Å². The Balaban J connectivity index is 0.00000210. The molecule has 2 heterocycles. The Hall–Kier alpha value is -2.23. The fourth-order valence-corrected chi connectivity index (χ4v) is 3.39. The maximum atomic E-state index is 12.2. The Labute approximate surface area is 206 Å². The predicted octanol–water partition coefficient (Wildman–Crippen LogP) is -1.81. The van der Waals surface area contributed by atoms with Gasteiger partial charge in [0.1, 0.15) is 35.7 Å². The number of amides is 1. The highest BCUT2D eigenvalue weighted by atomic mass is 32.1. The summed E-state index contributed by atoms with van der Waals surface area (Å²) >= 11 is 3.53. The van der Waals surface area contributed by atoms with Crippen LogP contribution in [-0.4, -0.2) is 101 Å². The van der Waals surface area contributed by atoms with Crippen molar-refractivity contribution in [2.45, 2.75) is 37.1 Å². The first-order chi connectivity index (χ1) is 16.8. The minimum atomic E-state index is -1.60. The van der Waals surface area contributed by atoms with Gasteiger partial charge in [0, 0.05) is 24.1 Å². The number of carbonyl (C=O) groups excluding carboxylic acids is 1. The third kappa shape index (κ3) is 7.88. The normalized spacial score (nSPS) is 23.9. The maximum absolute atomic E-state index is 12.2. The van der Waals surface area contributed by atoms with Gasteiger partial charge in [0.2, 0.25) is 12.2 Å². The number of hydrogen-bond acceptors (Lipinski definition) is 12. The van der Waals surface area contributed by atoms with E-state index in [1.807, 2.05) is 0 Å². The molecule has 1 amide bonds. The zero-order valence-corrected chi connectivity index (χ0v) is 20.0. The molecule has 0 spiro atoms. The number of benzene rings is 1. The summed E-state index contributed by atoms with van der Waals surface area (Å²) in [5.74, 6) is -0.214. The number of rotatable bonds is 10. The van der Waals surface area contributed by atoms with Crippen LogP contribution < -0.4 is 15.7 Å². The molecule has 0 aliphatic carbocycles. The van der Waals surface area contributed by atoms with Crippen LogP contribution in [0.5, 0.6) is 5.75 Å². The van der Waals surface area contributed by atoms with Crippen molar-refractivity contribution in [2.24, 2.45) is 0 Å². The number of nitrogens with one attached hydrogen (secondary N) is 1. The lowest BCUT2D eigenvalue weighted by Crippen LogP contribution is -2.60. The van der Waals surface area contributed by atoms with Crippen LogP contribution in [0.25, 0.3) is 11.0 Å². The fraction of sp³-hybridized carbons (Fsp3) is 0.545. The molecule has 3 rings (SSSR count). The number of thiol groups is 1. The van der Waals surface area contributed by atoms with Crippen LogP contribution in [0.2, 0.25) is 0 Å². The Morgan fingerprint density at radius 3 is 2.51 bits per heavy atom. The molecular weight excluding hydrogens is 486 g/mol. The summed E-state index contributed by atoms with van der Waals surface area (Å²) in [5, 5.41) is 50.9. The molecule has 1 aromatic heterocycles. The van der Waals surface area contributed by atoms with Crippen LogP contribution in [0, 0.1) is 0 Å². The van der Waals surface area contributed by atoms with Crippen LogP contribution >= 0.6 is 12.6 Å². The van der Waals surface area contributed by atoms with Crippen molar-refractivity contribution in [3.05, 3.63) is 40.2 Å². The van der Waals surface area contributed by atoms with Crippen LogP contribution in [0.3, 0.4) is 0 Å². The summed E-state index contributed by atoms with van der Waals surface area (Å²) in [5.41, 5.74) is -0.130. The maximum Gasteiger partial charge on any atom is 0.336 e. The van der Waals surface area contributed by atoms with Crippen LogP contribution in [0.4, 0.5) is 0 Å². The first-order valence-electron chi connectivity index (χ1n) is 10.8. The van der Waals surface area contributed by atoms with Crippen molar-refractivity contribution in [1.82, 2.24) is 5.32 Å². The van der Waals surface area contributed by atoms with Crippen molar-refractivity contribution >= 4 is 29.5 Å². The Bertz CT molecular complexity index is 999. The van der Waals surface area contributed by atoms with Gasteiger partial charge < -0.3 is 49.5 Å². The van der Waals surface area contributed by atoms with Gasteiger partial charge in [-0.15, -0.1) is 0 Å². The molecule has 196 valence electrons. The highest BCUT2D eigenvalue weighted by molar-refractivity contribution is 7.79. The van der Waals surface area contributed by atoms with Crippen molar-refractivity contribution in [2.75, 3.05) is 39.2 Å². The summed E-state index contributed by atoms with van der Waals surface area (Å²) in [6.07, 6.45) is -5.64. The van der Waals surface area contributed by atoms with E-state index in [1.165, 1.54) is 18.2 Å². The first kappa shape index (κ1) is 29.0. The van der Waals surface area contributed by atoms with Gasteiger partial charge in [-0.3, -0.25) is 4.79 Å². The zero-order chi connectivity index (χ0) is 26.0. The molecule has 0 radical (unpaired) electrons. The van der Waals surface area contributed by atoms with Gasteiger partial charge in [-0.1, -0.05) is 0 Å². The lowest BCUT2D eigenvalue weighted by atomic mass is 9.99. The van der Waals surface area contributed by atoms with E-state index in [2.05, 4.69) is 17.9 Å². The van der Waals surface area contributed by atoms with Crippen LogP contribution in [0.1, 0.15) is 5.56 Å². The molecule has 5 atom stereocenters. The Morgan fingerprint density at radius 2 is 1.83 bits per heavy atom. The molecule has 35 heavy (non-hydrogen) atoms. The molecule has 1 saturated heterocycles. The van der Waals surface area contributed by atoms with E-state index < -0.39 is 42.9 Å². The second kappa shape index (κ2) is 14.4. The highest BCUT2D eigenvalue weighted by Gasteiger charge is 2.44. The van der Waals surface area contributed by atoms with E-state index in [4.69, 9.17) is 23.7 Å². The van der Waals surface area contributed by atoms with E-state index in [0.29, 0.717) is 10.9 Å². The molecule has 5 unspecified atom stereocenters. The molecule has 12 nitrogen and oxygen atoms in total. The van der Waals surface area contributed by atoms with E-state index in [-0.39, 0.29) is 50.0 Å². The summed E-state index contributed by atoms with van der Waals surface area (Å²) in [6, 6.07) is 5.63. The minimum absolute atomic E-state index is 0.0883. The highest BCUT2D eigenvalue weighted by Crippen LogP contribution is 2.27. The third-order valence-corrected chi connectivity index (χ3v) is 5.06. The predicted molar refractivity (Wildman–Crippen MR) is 126 cm³/mol. The van der Waals surface area contributed by atoms with Crippen molar-refractivity contribution in [3.8, 4) is 5.75 Å². The number of carbonyl (C=O) groups is 1. The SMILES string of the molecule is CS.O=C(Cc1cc(=O)oc2cc(OC3OC(CO)C(O)C(O)C3O)ccc12)NCCOCCO. The first-order valence-corrected chi connectivity index (χ1v) is 11.7. The van der Waals surface area contributed by atoms with E-state index >= 15 is 0 Å². The largest absolute Gasteiger partial charge is 0.462 e. The monoisotopic (exact) mass is 517 g/mol. The topological polar surface area (TPSA) is 188 Å². The Morgan fingerprint density at radius 1 is 1.09 bits per heavy atom. The molecule has 1 aliphatic heterocycles. The van der Waals surface area contributed by atoms with Gasteiger partial charge in [-0.25, -0.2) is 4.79 Å². The average molecular weight is 518 g/mol. The molecule has 1 aromatic carbocycles. The summed E-state index contributed by atoms with van der Waals surface area (Å²) < 4.78 is 21.1.